The van der Waals surface area contributed by atoms with E-state index in [-0.39, 0.29) is 0 Å². The van der Waals surface area contributed by atoms with E-state index < -0.39 is 0 Å². The first kappa shape index (κ1) is 24.7. The molecule has 0 radical (unpaired) electrons. The van der Waals surface area contributed by atoms with Gasteiger partial charge in [0.2, 0.25) is 0 Å². The fourth-order valence-corrected chi connectivity index (χ4v) is 5.09. The molecule has 0 spiro atoms. The minimum absolute atomic E-state index is 0.318. The van der Waals surface area contributed by atoms with Gasteiger partial charge >= 0.3 is 0 Å². The molecule has 0 aliphatic heterocycles. The van der Waals surface area contributed by atoms with E-state index in [0.29, 0.717) is 12.2 Å². The van der Waals surface area contributed by atoms with Crippen molar-refractivity contribution in [3.8, 4) is 11.1 Å². The van der Waals surface area contributed by atoms with Crippen LogP contribution in [0.3, 0.4) is 0 Å². The molecule has 0 heterocycles. The van der Waals surface area contributed by atoms with Gasteiger partial charge in [0.25, 0.3) is 0 Å². The van der Waals surface area contributed by atoms with E-state index in [1.807, 2.05) is 0 Å². The predicted octanol–water partition coefficient (Wildman–Crippen LogP) is 9.48. The number of ketones is 1. The van der Waals surface area contributed by atoms with Crippen molar-refractivity contribution < 1.29 is 4.79 Å². The monoisotopic (exact) mass is 432 g/mol. The second-order valence-electron chi connectivity index (χ2n) is 9.85. The average Bonchev–Trinajstić information content (AvgIpc) is 3.17. The third-order valence-electron chi connectivity index (χ3n) is 7.09. The number of hydrogen-bond donors (Lipinski definition) is 0. The van der Waals surface area contributed by atoms with E-state index >= 15 is 0 Å². The van der Waals surface area contributed by atoms with E-state index in [1.54, 1.807) is 0 Å². The summed E-state index contributed by atoms with van der Waals surface area (Å²) in [5.74, 6) is 0.318. The van der Waals surface area contributed by atoms with Gasteiger partial charge in [-0.3, -0.25) is 4.79 Å². The van der Waals surface area contributed by atoms with E-state index in [2.05, 4.69) is 50.2 Å². The lowest BCUT2D eigenvalue weighted by Crippen LogP contribution is -2.00. The van der Waals surface area contributed by atoms with E-state index in [1.165, 1.54) is 111 Å². The van der Waals surface area contributed by atoms with Gasteiger partial charge in [0.05, 0.1) is 0 Å². The third-order valence-corrected chi connectivity index (χ3v) is 7.09. The number of benzene rings is 2. The lowest BCUT2D eigenvalue weighted by molar-refractivity contribution is 0.0979. The van der Waals surface area contributed by atoms with Crippen molar-refractivity contribution in [2.45, 2.75) is 117 Å². The molecule has 0 saturated heterocycles. The molecule has 0 unspecified atom stereocenters. The van der Waals surface area contributed by atoms with Gasteiger partial charge in [-0.15, -0.1) is 0 Å². The first-order chi connectivity index (χ1) is 15.7. The Bertz CT molecular complexity index is 848. The van der Waals surface area contributed by atoms with Gasteiger partial charge in [-0.1, -0.05) is 115 Å². The fraction of sp³-hybridized carbons (Fsp3) is 0.581. The molecule has 0 atom stereocenters. The highest BCUT2D eigenvalue weighted by molar-refractivity contribution is 5.97. The summed E-state index contributed by atoms with van der Waals surface area (Å²) in [5, 5.41) is 0. The van der Waals surface area contributed by atoms with Gasteiger partial charge in [-0.2, -0.15) is 0 Å². The van der Waals surface area contributed by atoms with Crippen molar-refractivity contribution in [2.24, 2.45) is 0 Å². The van der Waals surface area contributed by atoms with E-state index in [4.69, 9.17) is 0 Å². The Balaban J connectivity index is 1.47. The Morgan fingerprint density at radius 1 is 0.656 bits per heavy atom. The van der Waals surface area contributed by atoms with Crippen molar-refractivity contribution in [3.05, 3.63) is 58.7 Å². The highest BCUT2D eigenvalue weighted by Gasteiger charge is 2.20. The van der Waals surface area contributed by atoms with Crippen molar-refractivity contribution in [1.82, 2.24) is 0 Å². The first-order valence-corrected chi connectivity index (χ1v) is 13.5. The standard InChI is InChI=1S/C31H44O/c1-3-5-7-9-11-12-14-16-25-18-20-29-27(22-25)24-28-23-26(19-21-30(28)29)31(32)17-15-13-10-8-6-4-2/h18-23H,3-17,24H2,1-2H3. The highest BCUT2D eigenvalue weighted by atomic mass is 16.1. The summed E-state index contributed by atoms with van der Waals surface area (Å²) >= 11 is 0. The SMILES string of the molecule is CCCCCCCCCc1ccc2c(c1)Cc1cc(C(=O)CCCCCCCC)ccc1-2. The smallest absolute Gasteiger partial charge is 0.162 e. The first-order valence-electron chi connectivity index (χ1n) is 13.5. The maximum atomic E-state index is 12.7. The van der Waals surface area contributed by atoms with Crippen LogP contribution in [-0.4, -0.2) is 5.78 Å². The van der Waals surface area contributed by atoms with Gasteiger partial charge in [-0.05, 0) is 59.6 Å². The van der Waals surface area contributed by atoms with Crippen LogP contribution in [0.1, 0.15) is 131 Å². The van der Waals surface area contributed by atoms with Crippen LogP contribution in [0.2, 0.25) is 0 Å². The van der Waals surface area contributed by atoms with Crippen LogP contribution in [0.15, 0.2) is 36.4 Å². The summed E-state index contributed by atoms with van der Waals surface area (Å²) in [5.41, 5.74) is 7.87. The molecule has 0 saturated carbocycles. The molecule has 1 aliphatic rings. The summed E-state index contributed by atoms with van der Waals surface area (Å²) in [6.45, 7) is 4.52. The number of aryl methyl sites for hydroxylation is 1. The minimum atomic E-state index is 0.318. The van der Waals surface area contributed by atoms with Crippen LogP contribution < -0.4 is 0 Å². The molecular formula is C31H44O. The second kappa shape index (κ2) is 13.6. The number of fused-ring (bicyclic) bond motifs is 3. The highest BCUT2D eigenvalue weighted by Crippen LogP contribution is 2.38. The van der Waals surface area contributed by atoms with Crippen molar-refractivity contribution in [1.29, 1.82) is 0 Å². The Hall–Kier alpha value is -1.89. The topological polar surface area (TPSA) is 17.1 Å². The van der Waals surface area contributed by atoms with Crippen molar-refractivity contribution >= 4 is 5.78 Å². The van der Waals surface area contributed by atoms with Gasteiger partial charge in [-0.25, -0.2) is 0 Å². The number of Topliss-reactive ketones (excluding diaryl/α,β-unsaturated/α-hetero) is 1. The molecule has 1 aliphatic carbocycles. The van der Waals surface area contributed by atoms with E-state index in [0.717, 1.165) is 18.4 Å². The number of carbonyl (C=O) groups is 1. The molecule has 0 N–H and O–H groups in total. The molecule has 1 heteroatoms. The summed E-state index contributed by atoms with van der Waals surface area (Å²) in [4.78, 5) is 12.7. The van der Waals surface area contributed by atoms with E-state index in [9.17, 15) is 4.79 Å². The van der Waals surface area contributed by atoms with Crippen LogP contribution in [-0.2, 0) is 12.8 Å². The molecular weight excluding hydrogens is 388 g/mol. The Labute approximate surface area is 197 Å². The lowest BCUT2D eigenvalue weighted by Gasteiger charge is -2.06. The Morgan fingerprint density at radius 3 is 1.91 bits per heavy atom. The summed E-state index contributed by atoms with van der Waals surface area (Å²) < 4.78 is 0. The minimum Gasteiger partial charge on any atom is -0.294 e. The number of carbonyl (C=O) groups excluding carboxylic acids is 1. The van der Waals surface area contributed by atoms with Gasteiger partial charge in [0.15, 0.2) is 5.78 Å². The predicted molar refractivity (Wildman–Crippen MR) is 139 cm³/mol. The van der Waals surface area contributed by atoms with Crippen LogP contribution >= 0.6 is 0 Å². The van der Waals surface area contributed by atoms with Crippen LogP contribution in [0.4, 0.5) is 0 Å². The van der Waals surface area contributed by atoms with Crippen molar-refractivity contribution in [3.63, 3.8) is 0 Å². The van der Waals surface area contributed by atoms with Crippen LogP contribution in [0.25, 0.3) is 11.1 Å². The maximum Gasteiger partial charge on any atom is 0.162 e. The largest absolute Gasteiger partial charge is 0.294 e. The number of hydrogen-bond acceptors (Lipinski definition) is 1. The molecule has 0 aromatic heterocycles. The van der Waals surface area contributed by atoms with Gasteiger partial charge in [0, 0.05) is 12.0 Å². The molecule has 2 aromatic carbocycles. The third kappa shape index (κ3) is 7.32. The quantitative estimate of drug-likeness (QED) is 0.163. The molecule has 32 heavy (non-hydrogen) atoms. The number of unbranched alkanes of at least 4 members (excludes halogenated alkanes) is 11. The maximum absolute atomic E-state index is 12.7. The lowest BCUT2D eigenvalue weighted by atomic mass is 9.98. The normalized spacial score (nSPS) is 12.1. The van der Waals surface area contributed by atoms with Crippen LogP contribution in [0, 0.1) is 0 Å². The zero-order chi connectivity index (χ0) is 22.6. The summed E-state index contributed by atoms with van der Waals surface area (Å²) in [7, 11) is 0. The zero-order valence-corrected chi connectivity index (χ0v) is 20.7. The molecule has 0 bridgehead atoms. The number of rotatable bonds is 16. The molecule has 0 fully saturated rings. The van der Waals surface area contributed by atoms with Crippen molar-refractivity contribution in [2.75, 3.05) is 0 Å². The molecule has 174 valence electrons. The molecule has 3 rings (SSSR count). The van der Waals surface area contributed by atoms with Crippen LogP contribution in [0.5, 0.6) is 0 Å². The van der Waals surface area contributed by atoms with Gasteiger partial charge in [0.1, 0.15) is 0 Å². The average molecular weight is 433 g/mol. The summed E-state index contributed by atoms with van der Waals surface area (Å²) in [6, 6.07) is 13.5. The second-order valence-corrected chi connectivity index (χ2v) is 9.85. The fourth-order valence-electron chi connectivity index (χ4n) is 5.09. The van der Waals surface area contributed by atoms with Gasteiger partial charge < -0.3 is 0 Å². The molecule has 0 amide bonds. The Morgan fingerprint density at radius 2 is 1.22 bits per heavy atom. The molecule has 2 aromatic rings. The molecule has 1 nitrogen and oxygen atoms in total. The Kier molecular flexibility index (Phi) is 10.5. The zero-order valence-electron chi connectivity index (χ0n) is 20.7. The summed E-state index contributed by atoms with van der Waals surface area (Å²) in [6.07, 6.45) is 19.8.